The van der Waals surface area contributed by atoms with Crippen LogP contribution in [0.5, 0.6) is 0 Å². The first kappa shape index (κ1) is 16.2. The molecule has 4 nitrogen and oxygen atoms in total. The number of hydrogen-bond donors (Lipinski definition) is 1. The molecule has 0 unspecified atom stereocenters. The van der Waals surface area contributed by atoms with Crippen LogP contribution in [0.4, 0.5) is 19.0 Å². The summed E-state index contributed by atoms with van der Waals surface area (Å²) in [5.41, 5.74) is 2.44. The molecule has 0 radical (unpaired) electrons. The fourth-order valence-electron chi connectivity index (χ4n) is 3.37. The van der Waals surface area contributed by atoms with E-state index in [2.05, 4.69) is 10.4 Å². The van der Waals surface area contributed by atoms with Crippen molar-refractivity contribution in [3.63, 3.8) is 0 Å². The van der Waals surface area contributed by atoms with E-state index in [1.165, 1.54) is 12.1 Å². The molecule has 2 fully saturated rings. The second kappa shape index (κ2) is 5.61. The van der Waals surface area contributed by atoms with E-state index in [9.17, 15) is 18.0 Å². The molecule has 1 aromatic carbocycles. The molecule has 2 saturated carbocycles. The number of alkyl halides is 2. The summed E-state index contributed by atoms with van der Waals surface area (Å²) in [6.45, 7) is 0. The van der Waals surface area contributed by atoms with Crippen LogP contribution in [0.2, 0.25) is 0 Å². The number of anilines is 1. The quantitative estimate of drug-likeness (QED) is 0.904. The lowest BCUT2D eigenvalue weighted by Gasteiger charge is -2.27. The minimum Gasteiger partial charge on any atom is -0.309 e. The second-order valence-corrected chi connectivity index (χ2v) is 6.88. The second-order valence-electron chi connectivity index (χ2n) is 6.88. The van der Waals surface area contributed by atoms with Crippen molar-refractivity contribution < 1.29 is 18.0 Å². The first-order valence-corrected chi connectivity index (χ1v) is 8.38. The number of nitrogens with one attached hydrogen (secondary N) is 1. The van der Waals surface area contributed by atoms with Crippen molar-refractivity contribution in [2.75, 3.05) is 5.32 Å². The molecule has 1 amide bonds. The lowest BCUT2D eigenvalue weighted by Crippen LogP contribution is -2.20. The largest absolute Gasteiger partial charge is 0.309 e. The Morgan fingerprint density at radius 2 is 1.92 bits per heavy atom. The predicted octanol–water partition coefficient (Wildman–Crippen LogP) is 4.09. The van der Waals surface area contributed by atoms with Gasteiger partial charge in [-0.2, -0.15) is 5.10 Å². The monoisotopic (exact) mass is 349 g/mol. The Labute approximate surface area is 143 Å². The SMILES string of the molecule is Cn1nc(NC(=O)[C@H]2CC2(F)F)c(C2CCC2)c1-c1ccc(F)cc1. The Kier molecular flexibility index (Phi) is 3.63. The van der Waals surface area contributed by atoms with Crippen molar-refractivity contribution >= 4 is 11.7 Å². The zero-order valence-electron chi connectivity index (χ0n) is 13.7. The van der Waals surface area contributed by atoms with Gasteiger partial charge in [0.15, 0.2) is 5.82 Å². The van der Waals surface area contributed by atoms with Crippen LogP contribution in [0.15, 0.2) is 24.3 Å². The molecule has 7 heteroatoms. The first-order valence-electron chi connectivity index (χ1n) is 8.38. The molecule has 2 aliphatic rings. The van der Waals surface area contributed by atoms with Crippen LogP contribution in [0.3, 0.4) is 0 Å². The molecule has 0 saturated heterocycles. The third-order valence-corrected chi connectivity index (χ3v) is 5.10. The van der Waals surface area contributed by atoms with Crippen molar-refractivity contribution in [1.29, 1.82) is 0 Å². The molecule has 132 valence electrons. The average Bonchev–Trinajstić information content (AvgIpc) is 3.04. The van der Waals surface area contributed by atoms with Crippen LogP contribution < -0.4 is 5.32 Å². The van der Waals surface area contributed by atoms with Crippen LogP contribution in [0.25, 0.3) is 11.3 Å². The Morgan fingerprint density at radius 1 is 1.28 bits per heavy atom. The van der Waals surface area contributed by atoms with E-state index in [1.54, 1.807) is 23.9 Å². The van der Waals surface area contributed by atoms with Gasteiger partial charge in [0.05, 0.1) is 5.69 Å². The lowest BCUT2D eigenvalue weighted by atomic mass is 9.79. The fraction of sp³-hybridized carbons (Fsp3) is 0.444. The predicted molar refractivity (Wildman–Crippen MR) is 86.9 cm³/mol. The lowest BCUT2D eigenvalue weighted by molar-refractivity contribution is -0.119. The van der Waals surface area contributed by atoms with Crippen LogP contribution in [0, 0.1) is 11.7 Å². The summed E-state index contributed by atoms with van der Waals surface area (Å²) in [4.78, 5) is 12.1. The smallest absolute Gasteiger partial charge is 0.260 e. The van der Waals surface area contributed by atoms with E-state index >= 15 is 0 Å². The molecule has 25 heavy (non-hydrogen) atoms. The number of aromatic nitrogens is 2. The topological polar surface area (TPSA) is 46.9 Å². The standard InChI is InChI=1S/C18H18F3N3O/c1-24-15(11-5-7-12(19)8-6-11)14(10-3-2-4-10)16(23-24)22-17(25)13-9-18(13,20)21/h5-8,10,13H,2-4,9H2,1H3,(H,22,23,25)/t13-/m1/s1. The Bertz CT molecular complexity index is 825. The minimum absolute atomic E-state index is 0.226. The van der Waals surface area contributed by atoms with Crippen LogP contribution in [-0.4, -0.2) is 21.6 Å². The number of halogens is 3. The van der Waals surface area contributed by atoms with E-state index < -0.39 is 24.2 Å². The first-order chi connectivity index (χ1) is 11.9. The maximum atomic E-state index is 13.2. The molecule has 2 aromatic rings. The van der Waals surface area contributed by atoms with Gasteiger partial charge in [-0.1, -0.05) is 6.42 Å². The summed E-state index contributed by atoms with van der Waals surface area (Å²) in [6.07, 6.45) is 2.59. The normalized spacial score (nSPS) is 21.7. The molecule has 1 aromatic heterocycles. The molecule has 2 aliphatic carbocycles. The van der Waals surface area contributed by atoms with E-state index in [0.29, 0.717) is 5.82 Å². The van der Waals surface area contributed by atoms with Crippen LogP contribution in [0.1, 0.15) is 37.2 Å². The van der Waals surface area contributed by atoms with Crippen molar-refractivity contribution in [2.24, 2.45) is 13.0 Å². The Balaban J connectivity index is 1.71. The molecule has 0 spiro atoms. The van der Waals surface area contributed by atoms with E-state index in [4.69, 9.17) is 0 Å². The van der Waals surface area contributed by atoms with E-state index in [1.807, 2.05) is 0 Å². The summed E-state index contributed by atoms with van der Waals surface area (Å²) in [5.74, 6) is -4.62. The zero-order chi connectivity index (χ0) is 17.8. The van der Waals surface area contributed by atoms with Gasteiger partial charge in [0, 0.05) is 24.6 Å². The van der Waals surface area contributed by atoms with Gasteiger partial charge in [-0.3, -0.25) is 9.48 Å². The number of rotatable bonds is 4. The maximum absolute atomic E-state index is 13.2. The highest BCUT2D eigenvalue weighted by Gasteiger charge is 2.61. The highest BCUT2D eigenvalue weighted by atomic mass is 19.3. The number of benzene rings is 1. The van der Waals surface area contributed by atoms with Gasteiger partial charge in [0.1, 0.15) is 11.7 Å². The van der Waals surface area contributed by atoms with Crippen LogP contribution in [-0.2, 0) is 11.8 Å². The highest BCUT2D eigenvalue weighted by molar-refractivity contribution is 5.96. The molecule has 4 rings (SSSR count). The minimum atomic E-state index is -2.91. The molecule has 1 atom stereocenters. The van der Waals surface area contributed by atoms with E-state index in [0.717, 1.165) is 36.1 Å². The van der Waals surface area contributed by atoms with Crippen molar-refractivity contribution in [3.05, 3.63) is 35.6 Å². The number of aryl methyl sites for hydroxylation is 1. The molecular formula is C18H18F3N3O. The molecular weight excluding hydrogens is 331 g/mol. The molecule has 0 bridgehead atoms. The maximum Gasteiger partial charge on any atom is 0.260 e. The van der Waals surface area contributed by atoms with Gasteiger partial charge in [0.25, 0.3) is 5.92 Å². The number of amides is 1. The highest BCUT2D eigenvalue weighted by Crippen LogP contribution is 2.50. The van der Waals surface area contributed by atoms with Crippen molar-refractivity contribution in [1.82, 2.24) is 9.78 Å². The average molecular weight is 349 g/mol. The van der Waals surface area contributed by atoms with Gasteiger partial charge >= 0.3 is 0 Å². The number of carbonyl (C=O) groups is 1. The third kappa shape index (κ3) is 2.81. The zero-order valence-corrected chi connectivity index (χ0v) is 13.7. The Hall–Kier alpha value is -2.31. The molecule has 0 aliphatic heterocycles. The van der Waals surface area contributed by atoms with Gasteiger partial charge in [-0.05, 0) is 43.0 Å². The number of nitrogens with zero attached hydrogens (tertiary/aromatic N) is 2. The summed E-state index contributed by atoms with van der Waals surface area (Å²) in [7, 11) is 1.74. The summed E-state index contributed by atoms with van der Waals surface area (Å²) in [6, 6.07) is 6.07. The Morgan fingerprint density at radius 3 is 2.44 bits per heavy atom. The van der Waals surface area contributed by atoms with Crippen LogP contribution >= 0.6 is 0 Å². The summed E-state index contributed by atoms with van der Waals surface area (Å²) >= 11 is 0. The fourth-order valence-corrected chi connectivity index (χ4v) is 3.37. The summed E-state index contributed by atoms with van der Waals surface area (Å²) < 4.78 is 41.2. The van der Waals surface area contributed by atoms with Crippen molar-refractivity contribution in [2.45, 2.75) is 37.5 Å². The van der Waals surface area contributed by atoms with Gasteiger partial charge in [-0.15, -0.1) is 0 Å². The van der Waals surface area contributed by atoms with E-state index in [-0.39, 0.29) is 11.7 Å². The molecule has 1 heterocycles. The van der Waals surface area contributed by atoms with Crippen molar-refractivity contribution in [3.8, 4) is 11.3 Å². The molecule has 1 N–H and O–H groups in total. The van der Waals surface area contributed by atoms with Gasteiger partial charge in [0.2, 0.25) is 5.91 Å². The number of carbonyl (C=O) groups excluding carboxylic acids is 1. The number of hydrogen-bond acceptors (Lipinski definition) is 2. The van der Waals surface area contributed by atoms with Gasteiger partial charge < -0.3 is 5.32 Å². The van der Waals surface area contributed by atoms with Gasteiger partial charge in [-0.25, -0.2) is 13.2 Å². The summed E-state index contributed by atoms with van der Waals surface area (Å²) in [5, 5.41) is 6.95. The third-order valence-electron chi connectivity index (χ3n) is 5.10.